The van der Waals surface area contributed by atoms with Crippen LogP contribution in [-0.4, -0.2) is 33.4 Å². The van der Waals surface area contributed by atoms with E-state index in [9.17, 15) is 9.59 Å². The SMILES string of the molecule is Cc1nn(CC(=O)OCCC(=O)O)c(C)c1N. The van der Waals surface area contributed by atoms with Crippen molar-refractivity contribution in [1.29, 1.82) is 0 Å². The van der Waals surface area contributed by atoms with Gasteiger partial charge in [0, 0.05) is 0 Å². The molecule has 94 valence electrons. The molecule has 7 heteroatoms. The predicted octanol–water partition coefficient (Wildman–Crippen LogP) is 0.100. The number of hydrogen-bond acceptors (Lipinski definition) is 5. The van der Waals surface area contributed by atoms with Crippen molar-refractivity contribution < 1.29 is 19.4 Å². The van der Waals surface area contributed by atoms with Gasteiger partial charge in [-0.25, -0.2) is 0 Å². The highest BCUT2D eigenvalue weighted by molar-refractivity contribution is 5.71. The second-order valence-electron chi connectivity index (χ2n) is 3.61. The fourth-order valence-corrected chi connectivity index (χ4v) is 1.28. The maximum Gasteiger partial charge on any atom is 0.327 e. The molecule has 0 aliphatic rings. The van der Waals surface area contributed by atoms with Crippen LogP contribution in [0.15, 0.2) is 0 Å². The van der Waals surface area contributed by atoms with Crippen molar-refractivity contribution in [2.24, 2.45) is 0 Å². The van der Waals surface area contributed by atoms with Crippen molar-refractivity contribution in [3.63, 3.8) is 0 Å². The number of rotatable bonds is 5. The lowest BCUT2D eigenvalue weighted by Gasteiger charge is -2.05. The fourth-order valence-electron chi connectivity index (χ4n) is 1.28. The molecule has 0 atom stereocenters. The van der Waals surface area contributed by atoms with Gasteiger partial charge in [0.15, 0.2) is 0 Å². The van der Waals surface area contributed by atoms with Crippen molar-refractivity contribution >= 4 is 17.6 Å². The number of ether oxygens (including phenoxy) is 1. The quantitative estimate of drug-likeness (QED) is 0.708. The molecule has 0 saturated carbocycles. The summed E-state index contributed by atoms with van der Waals surface area (Å²) < 4.78 is 6.18. The van der Waals surface area contributed by atoms with Gasteiger partial charge in [-0.3, -0.25) is 14.3 Å². The first-order chi connectivity index (χ1) is 7.91. The van der Waals surface area contributed by atoms with E-state index in [0.29, 0.717) is 17.1 Å². The second-order valence-corrected chi connectivity index (χ2v) is 3.61. The number of aromatic nitrogens is 2. The number of aryl methyl sites for hydroxylation is 1. The highest BCUT2D eigenvalue weighted by atomic mass is 16.5. The number of esters is 1. The molecule has 0 bridgehead atoms. The van der Waals surface area contributed by atoms with Gasteiger partial charge >= 0.3 is 11.9 Å². The Bertz CT molecular complexity index is 439. The maximum atomic E-state index is 11.3. The van der Waals surface area contributed by atoms with Gasteiger partial charge in [-0.15, -0.1) is 0 Å². The molecule has 17 heavy (non-hydrogen) atoms. The van der Waals surface area contributed by atoms with Crippen LogP contribution in [-0.2, 0) is 20.9 Å². The van der Waals surface area contributed by atoms with Crippen LogP contribution in [0.3, 0.4) is 0 Å². The largest absolute Gasteiger partial charge is 0.481 e. The van der Waals surface area contributed by atoms with Crippen LogP contribution in [0.5, 0.6) is 0 Å². The van der Waals surface area contributed by atoms with Crippen LogP contribution in [0.1, 0.15) is 17.8 Å². The number of nitrogens with zero attached hydrogens (tertiary/aromatic N) is 2. The van der Waals surface area contributed by atoms with Crippen molar-refractivity contribution in [2.75, 3.05) is 12.3 Å². The van der Waals surface area contributed by atoms with Crippen molar-refractivity contribution in [2.45, 2.75) is 26.8 Å². The number of nitrogens with two attached hydrogens (primary N) is 1. The fraction of sp³-hybridized carbons (Fsp3) is 0.500. The molecular formula is C10H15N3O4. The third kappa shape index (κ3) is 3.47. The summed E-state index contributed by atoms with van der Waals surface area (Å²) in [6.07, 6.45) is -0.203. The minimum atomic E-state index is -1.01. The Balaban J connectivity index is 2.51. The molecule has 0 fully saturated rings. The van der Waals surface area contributed by atoms with E-state index in [0.717, 1.165) is 0 Å². The zero-order valence-electron chi connectivity index (χ0n) is 9.77. The summed E-state index contributed by atoms with van der Waals surface area (Å²) in [4.78, 5) is 21.6. The molecule has 1 aromatic heterocycles. The van der Waals surface area contributed by atoms with E-state index in [4.69, 9.17) is 15.6 Å². The monoisotopic (exact) mass is 241 g/mol. The van der Waals surface area contributed by atoms with Crippen LogP contribution in [0, 0.1) is 13.8 Å². The maximum absolute atomic E-state index is 11.3. The number of carboxylic acids is 1. The Morgan fingerprint density at radius 1 is 1.47 bits per heavy atom. The number of anilines is 1. The first kappa shape index (κ1) is 13.0. The number of carbonyl (C=O) groups is 2. The smallest absolute Gasteiger partial charge is 0.327 e. The van der Waals surface area contributed by atoms with Crippen LogP contribution < -0.4 is 5.73 Å². The molecule has 0 saturated heterocycles. The van der Waals surface area contributed by atoms with Crippen LogP contribution in [0.25, 0.3) is 0 Å². The zero-order valence-corrected chi connectivity index (χ0v) is 9.77. The zero-order chi connectivity index (χ0) is 13.0. The lowest BCUT2D eigenvalue weighted by atomic mass is 10.3. The summed E-state index contributed by atoms with van der Waals surface area (Å²) in [6.45, 7) is 3.29. The molecule has 0 amide bonds. The van der Waals surface area contributed by atoms with Crippen molar-refractivity contribution in [3.8, 4) is 0 Å². The van der Waals surface area contributed by atoms with Gasteiger partial charge in [-0.2, -0.15) is 5.10 Å². The minimum absolute atomic E-state index is 0.0660. The molecule has 3 N–H and O–H groups in total. The summed E-state index contributed by atoms with van der Waals surface area (Å²) in [6, 6.07) is 0. The summed E-state index contributed by atoms with van der Waals surface area (Å²) in [5.41, 5.74) is 7.60. The number of carboxylic acid groups (broad SMARTS) is 1. The van der Waals surface area contributed by atoms with Gasteiger partial charge < -0.3 is 15.6 Å². The lowest BCUT2D eigenvalue weighted by molar-refractivity contribution is -0.147. The normalized spacial score (nSPS) is 10.2. The Labute approximate surface area is 98.2 Å². The number of hydrogen-bond donors (Lipinski definition) is 2. The van der Waals surface area contributed by atoms with Crippen LogP contribution in [0.2, 0.25) is 0 Å². The summed E-state index contributed by atoms with van der Waals surface area (Å²) in [7, 11) is 0. The molecule has 0 radical (unpaired) electrons. The van der Waals surface area contributed by atoms with Gasteiger partial charge in [-0.05, 0) is 13.8 Å². The highest BCUT2D eigenvalue weighted by Crippen LogP contribution is 2.14. The summed E-state index contributed by atoms with van der Waals surface area (Å²) in [5.74, 6) is -1.54. The molecule has 0 spiro atoms. The van der Waals surface area contributed by atoms with Gasteiger partial charge in [-0.1, -0.05) is 0 Å². The molecule has 1 rings (SSSR count). The molecule has 1 heterocycles. The van der Waals surface area contributed by atoms with E-state index in [1.54, 1.807) is 13.8 Å². The molecule has 0 unspecified atom stereocenters. The van der Waals surface area contributed by atoms with E-state index in [1.807, 2.05) is 0 Å². The molecule has 0 aromatic carbocycles. The predicted molar refractivity (Wildman–Crippen MR) is 59.3 cm³/mol. The average molecular weight is 241 g/mol. The summed E-state index contributed by atoms with van der Waals surface area (Å²) in [5, 5.41) is 12.4. The van der Waals surface area contributed by atoms with E-state index < -0.39 is 11.9 Å². The Morgan fingerprint density at radius 3 is 2.59 bits per heavy atom. The molecule has 1 aromatic rings. The minimum Gasteiger partial charge on any atom is -0.481 e. The average Bonchev–Trinajstić information content (AvgIpc) is 2.46. The van der Waals surface area contributed by atoms with Gasteiger partial charge in [0.25, 0.3) is 0 Å². The van der Waals surface area contributed by atoms with E-state index in [-0.39, 0.29) is 19.6 Å². The highest BCUT2D eigenvalue weighted by Gasteiger charge is 2.12. The third-order valence-electron chi connectivity index (χ3n) is 2.30. The van der Waals surface area contributed by atoms with Gasteiger partial charge in [0.05, 0.1) is 23.5 Å². The first-order valence-corrected chi connectivity index (χ1v) is 5.08. The topological polar surface area (TPSA) is 107 Å². The molecular weight excluding hydrogens is 226 g/mol. The van der Waals surface area contributed by atoms with Crippen molar-refractivity contribution in [1.82, 2.24) is 9.78 Å². The lowest BCUT2D eigenvalue weighted by Crippen LogP contribution is -2.17. The van der Waals surface area contributed by atoms with E-state index >= 15 is 0 Å². The number of aliphatic carboxylic acids is 1. The Kier molecular flexibility index (Phi) is 4.08. The Morgan fingerprint density at radius 2 is 2.12 bits per heavy atom. The molecule has 0 aliphatic carbocycles. The summed E-state index contributed by atoms with van der Waals surface area (Å²) >= 11 is 0. The number of nitrogen functional groups attached to an aromatic ring is 1. The number of carbonyl (C=O) groups excluding carboxylic acids is 1. The van der Waals surface area contributed by atoms with E-state index in [2.05, 4.69) is 5.10 Å². The van der Waals surface area contributed by atoms with Gasteiger partial charge in [0.1, 0.15) is 13.2 Å². The first-order valence-electron chi connectivity index (χ1n) is 5.08. The molecule has 0 aliphatic heterocycles. The standard InChI is InChI=1S/C10H15N3O4/c1-6-10(11)7(2)13(12-6)5-9(16)17-4-3-8(14)15/h3-5,11H2,1-2H3,(H,14,15). The Hall–Kier alpha value is -2.05. The third-order valence-corrected chi connectivity index (χ3v) is 2.30. The van der Waals surface area contributed by atoms with Gasteiger partial charge in [0.2, 0.25) is 0 Å². The van der Waals surface area contributed by atoms with E-state index in [1.165, 1.54) is 4.68 Å². The van der Waals surface area contributed by atoms with Crippen molar-refractivity contribution in [3.05, 3.63) is 11.4 Å². The second kappa shape index (κ2) is 5.33. The van der Waals surface area contributed by atoms with Crippen LogP contribution >= 0.6 is 0 Å². The molecule has 7 nitrogen and oxygen atoms in total. The van der Waals surface area contributed by atoms with Crippen LogP contribution in [0.4, 0.5) is 5.69 Å².